The minimum Gasteiger partial charge on any atom is -0.421 e. The van der Waals surface area contributed by atoms with Crippen molar-refractivity contribution in [3.8, 4) is 11.5 Å². The number of hydrogen-bond acceptors (Lipinski definition) is 4. The molecule has 0 unspecified atom stereocenters. The molecule has 0 aliphatic carbocycles. The van der Waals surface area contributed by atoms with Crippen molar-refractivity contribution >= 4 is 0 Å². The maximum absolute atomic E-state index is 5.61. The van der Waals surface area contributed by atoms with Crippen LogP contribution in [0.2, 0.25) is 0 Å². The van der Waals surface area contributed by atoms with Crippen molar-refractivity contribution in [1.82, 2.24) is 10.2 Å². The highest BCUT2D eigenvalue weighted by atomic mass is 16.4. The number of rotatable bonds is 3. The molecule has 0 fully saturated rings. The molecule has 2 rings (SSSR count). The van der Waals surface area contributed by atoms with Gasteiger partial charge in [-0.3, -0.25) is 0 Å². The quantitative estimate of drug-likeness (QED) is 0.920. The van der Waals surface area contributed by atoms with Gasteiger partial charge in [0.25, 0.3) is 0 Å². The van der Waals surface area contributed by atoms with Crippen molar-refractivity contribution in [2.24, 2.45) is 5.73 Å². The predicted molar refractivity (Wildman–Crippen MR) is 75.9 cm³/mol. The minimum absolute atomic E-state index is 0.142. The number of nitrogens with two attached hydrogens (primary N) is 1. The molecule has 0 atom stereocenters. The Morgan fingerprint density at radius 3 is 2.53 bits per heavy atom. The lowest BCUT2D eigenvalue weighted by Gasteiger charge is -2.20. The number of aryl methyl sites for hydroxylation is 1. The summed E-state index contributed by atoms with van der Waals surface area (Å²) in [6, 6.07) is 6.35. The average molecular weight is 259 g/mol. The zero-order valence-corrected chi connectivity index (χ0v) is 12.0. The fourth-order valence-electron chi connectivity index (χ4n) is 1.96. The van der Waals surface area contributed by atoms with Gasteiger partial charge in [-0.05, 0) is 29.5 Å². The van der Waals surface area contributed by atoms with Crippen LogP contribution in [-0.2, 0) is 11.8 Å². The van der Waals surface area contributed by atoms with Gasteiger partial charge in [0.05, 0.1) is 0 Å². The van der Waals surface area contributed by atoms with E-state index in [0.29, 0.717) is 24.7 Å². The molecule has 0 saturated heterocycles. The van der Waals surface area contributed by atoms with E-state index in [1.54, 1.807) is 0 Å². The van der Waals surface area contributed by atoms with Crippen molar-refractivity contribution in [3.63, 3.8) is 0 Å². The molecule has 0 aliphatic heterocycles. The SMILES string of the molecule is Cc1cc(C(C)(C)C)ccc1-c1nnc(CCN)o1. The van der Waals surface area contributed by atoms with Gasteiger partial charge in [0.2, 0.25) is 11.8 Å². The Balaban J connectivity index is 2.35. The standard InChI is InChI=1S/C15H21N3O/c1-10-9-11(15(2,3)4)5-6-12(10)14-18-17-13(19-14)7-8-16/h5-6,9H,7-8,16H2,1-4H3. The number of hydrogen-bond donors (Lipinski definition) is 1. The topological polar surface area (TPSA) is 64.9 Å². The lowest BCUT2D eigenvalue weighted by atomic mass is 9.85. The number of benzene rings is 1. The molecular weight excluding hydrogens is 238 g/mol. The van der Waals surface area contributed by atoms with Gasteiger partial charge in [-0.25, -0.2) is 0 Å². The van der Waals surface area contributed by atoms with Crippen molar-refractivity contribution in [1.29, 1.82) is 0 Å². The van der Waals surface area contributed by atoms with Crippen LogP contribution in [0.25, 0.3) is 11.5 Å². The first-order valence-corrected chi connectivity index (χ1v) is 6.56. The van der Waals surface area contributed by atoms with Crippen molar-refractivity contribution in [2.75, 3.05) is 6.54 Å². The molecule has 4 heteroatoms. The van der Waals surface area contributed by atoms with Crippen LogP contribution < -0.4 is 5.73 Å². The van der Waals surface area contributed by atoms with Crippen molar-refractivity contribution in [3.05, 3.63) is 35.2 Å². The lowest BCUT2D eigenvalue weighted by Crippen LogP contribution is -2.11. The molecule has 0 aliphatic rings. The van der Waals surface area contributed by atoms with E-state index in [1.807, 2.05) is 0 Å². The molecule has 2 aromatic rings. The smallest absolute Gasteiger partial charge is 0.247 e. The third-order valence-electron chi connectivity index (χ3n) is 3.15. The van der Waals surface area contributed by atoms with E-state index >= 15 is 0 Å². The fourth-order valence-corrected chi connectivity index (χ4v) is 1.96. The highest BCUT2D eigenvalue weighted by molar-refractivity contribution is 5.59. The lowest BCUT2D eigenvalue weighted by molar-refractivity contribution is 0.506. The number of nitrogens with zero attached hydrogens (tertiary/aromatic N) is 2. The van der Waals surface area contributed by atoms with Crippen LogP contribution in [0.3, 0.4) is 0 Å². The van der Waals surface area contributed by atoms with Gasteiger partial charge in [0, 0.05) is 18.5 Å². The summed E-state index contributed by atoms with van der Waals surface area (Å²) < 4.78 is 5.61. The van der Waals surface area contributed by atoms with E-state index in [1.165, 1.54) is 5.56 Å². The Hall–Kier alpha value is -1.68. The molecule has 1 heterocycles. The van der Waals surface area contributed by atoms with E-state index < -0.39 is 0 Å². The molecule has 0 bridgehead atoms. The summed E-state index contributed by atoms with van der Waals surface area (Å²) in [5.41, 5.74) is 9.06. The summed E-state index contributed by atoms with van der Waals surface area (Å²) in [5.74, 6) is 1.17. The first kappa shape index (κ1) is 13.7. The van der Waals surface area contributed by atoms with Gasteiger partial charge < -0.3 is 10.2 Å². The minimum atomic E-state index is 0.142. The van der Waals surface area contributed by atoms with E-state index in [2.05, 4.69) is 56.1 Å². The summed E-state index contributed by atoms with van der Waals surface area (Å²) in [4.78, 5) is 0. The summed E-state index contributed by atoms with van der Waals surface area (Å²) in [5, 5.41) is 8.08. The molecule has 2 N–H and O–H groups in total. The summed E-state index contributed by atoms with van der Waals surface area (Å²) in [6.45, 7) is 9.19. The number of aromatic nitrogens is 2. The van der Waals surface area contributed by atoms with Crippen LogP contribution in [0.15, 0.2) is 22.6 Å². The molecule has 1 aromatic carbocycles. The van der Waals surface area contributed by atoms with E-state index in [4.69, 9.17) is 10.2 Å². The molecule has 19 heavy (non-hydrogen) atoms. The van der Waals surface area contributed by atoms with Gasteiger partial charge in [-0.15, -0.1) is 10.2 Å². The Bertz CT molecular complexity index is 567. The van der Waals surface area contributed by atoms with Crippen LogP contribution in [0.4, 0.5) is 0 Å². The zero-order chi connectivity index (χ0) is 14.0. The monoisotopic (exact) mass is 259 g/mol. The predicted octanol–water partition coefficient (Wildman–Crippen LogP) is 2.84. The Labute approximate surface area is 114 Å². The Kier molecular flexibility index (Phi) is 3.71. The third kappa shape index (κ3) is 3.01. The van der Waals surface area contributed by atoms with Gasteiger partial charge in [-0.1, -0.05) is 32.9 Å². The normalized spacial score (nSPS) is 11.8. The highest BCUT2D eigenvalue weighted by Gasteiger charge is 2.16. The first-order valence-electron chi connectivity index (χ1n) is 6.56. The molecule has 0 saturated carbocycles. The molecule has 0 radical (unpaired) electrons. The van der Waals surface area contributed by atoms with E-state index in [-0.39, 0.29) is 5.41 Å². The second kappa shape index (κ2) is 5.13. The van der Waals surface area contributed by atoms with Gasteiger partial charge >= 0.3 is 0 Å². The second-order valence-corrected chi connectivity index (χ2v) is 5.82. The third-order valence-corrected chi connectivity index (χ3v) is 3.15. The van der Waals surface area contributed by atoms with Crippen molar-refractivity contribution in [2.45, 2.75) is 39.5 Å². The molecule has 1 aromatic heterocycles. The molecule has 0 amide bonds. The zero-order valence-electron chi connectivity index (χ0n) is 12.0. The average Bonchev–Trinajstić information content (AvgIpc) is 2.76. The van der Waals surface area contributed by atoms with Crippen LogP contribution >= 0.6 is 0 Å². The Morgan fingerprint density at radius 1 is 1.21 bits per heavy atom. The molecule has 0 spiro atoms. The van der Waals surface area contributed by atoms with E-state index in [9.17, 15) is 0 Å². The summed E-state index contributed by atoms with van der Waals surface area (Å²) in [6.07, 6.45) is 0.617. The molecule has 102 valence electrons. The molecular formula is C15H21N3O. The maximum Gasteiger partial charge on any atom is 0.247 e. The van der Waals surface area contributed by atoms with E-state index in [0.717, 1.165) is 11.1 Å². The maximum atomic E-state index is 5.61. The van der Waals surface area contributed by atoms with Crippen LogP contribution in [0.1, 0.15) is 37.8 Å². The summed E-state index contributed by atoms with van der Waals surface area (Å²) in [7, 11) is 0. The van der Waals surface area contributed by atoms with Crippen LogP contribution in [0.5, 0.6) is 0 Å². The highest BCUT2D eigenvalue weighted by Crippen LogP contribution is 2.28. The fraction of sp³-hybridized carbons (Fsp3) is 0.467. The van der Waals surface area contributed by atoms with Crippen LogP contribution in [0, 0.1) is 6.92 Å². The van der Waals surface area contributed by atoms with Gasteiger partial charge in [0.1, 0.15) is 0 Å². The first-order chi connectivity index (χ1) is 8.91. The van der Waals surface area contributed by atoms with Crippen molar-refractivity contribution < 1.29 is 4.42 Å². The summed E-state index contributed by atoms with van der Waals surface area (Å²) >= 11 is 0. The Morgan fingerprint density at radius 2 is 1.95 bits per heavy atom. The second-order valence-electron chi connectivity index (χ2n) is 5.82. The van der Waals surface area contributed by atoms with Gasteiger partial charge in [0.15, 0.2) is 0 Å². The molecule has 4 nitrogen and oxygen atoms in total. The van der Waals surface area contributed by atoms with Gasteiger partial charge in [-0.2, -0.15) is 0 Å². The van der Waals surface area contributed by atoms with Crippen LogP contribution in [-0.4, -0.2) is 16.7 Å². The largest absolute Gasteiger partial charge is 0.421 e.